The molecule has 0 spiro atoms. The van der Waals surface area contributed by atoms with Crippen molar-refractivity contribution in [3.05, 3.63) is 71.8 Å². The van der Waals surface area contributed by atoms with Crippen LogP contribution in [0.4, 0.5) is 10.5 Å². The lowest BCUT2D eigenvalue weighted by molar-refractivity contribution is -0.124. The first-order valence-corrected chi connectivity index (χ1v) is 8.32. The third kappa shape index (κ3) is 5.86. The number of nitrogens with zero attached hydrogens (tertiary/aromatic N) is 1. The number of carbonyl (C=O) groups excluding carboxylic acids is 2. The highest BCUT2D eigenvalue weighted by Gasteiger charge is 2.22. The van der Waals surface area contributed by atoms with Crippen LogP contribution in [0.15, 0.2) is 60.7 Å². The van der Waals surface area contributed by atoms with Gasteiger partial charge in [0.05, 0.1) is 11.6 Å². The van der Waals surface area contributed by atoms with Crippen molar-refractivity contribution in [2.45, 2.75) is 13.0 Å². The van der Waals surface area contributed by atoms with E-state index in [2.05, 4.69) is 5.32 Å². The van der Waals surface area contributed by atoms with E-state index in [-0.39, 0.29) is 5.75 Å². The zero-order valence-corrected chi connectivity index (χ0v) is 15.0. The second kappa shape index (κ2) is 9.75. The molecule has 2 amide bonds. The molecule has 2 aromatic carbocycles. The smallest absolute Gasteiger partial charge is 0.412 e. The van der Waals surface area contributed by atoms with E-state index in [0.717, 1.165) is 6.08 Å². The number of hydrogen-bond acceptors (Lipinski definition) is 6. The number of amides is 2. The first kappa shape index (κ1) is 20.5. The van der Waals surface area contributed by atoms with Gasteiger partial charge in [-0.1, -0.05) is 25.1 Å². The molecular formula is C20H19N3O5. The van der Waals surface area contributed by atoms with Crippen molar-refractivity contribution in [3.8, 4) is 11.8 Å². The van der Waals surface area contributed by atoms with Gasteiger partial charge in [-0.2, -0.15) is 5.26 Å². The van der Waals surface area contributed by atoms with Gasteiger partial charge in [-0.25, -0.2) is 10.3 Å². The Kier molecular flexibility index (Phi) is 7.13. The van der Waals surface area contributed by atoms with Crippen LogP contribution in [0.2, 0.25) is 0 Å². The van der Waals surface area contributed by atoms with Gasteiger partial charge in [0.2, 0.25) is 0 Å². The molecule has 0 bridgehead atoms. The van der Waals surface area contributed by atoms with Gasteiger partial charge in [0.25, 0.3) is 5.91 Å². The van der Waals surface area contributed by atoms with Crippen LogP contribution in [-0.4, -0.2) is 22.3 Å². The van der Waals surface area contributed by atoms with Crippen LogP contribution in [0.25, 0.3) is 0 Å². The van der Waals surface area contributed by atoms with Crippen molar-refractivity contribution in [1.82, 2.24) is 5.48 Å². The van der Waals surface area contributed by atoms with Crippen molar-refractivity contribution in [2.24, 2.45) is 5.92 Å². The third-order valence-corrected chi connectivity index (χ3v) is 3.85. The molecular weight excluding hydrogens is 362 g/mol. The average molecular weight is 381 g/mol. The van der Waals surface area contributed by atoms with Gasteiger partial charge in [0.1, 0.15) is 11.9 Å². The van der Waals surface area contributed by atoms with Crippen molar-refractivity contribution in [3.63, 3.8) is 0 Å². The Morgan fingerprint density at radius 3 is 2.36 bits per heavy atom. The van der Waals surface area contributed by atoms with Gasteiger partial charge in [0.15, 0.2) is 0 Å². The first-order valence-electron chi connectivity index (χ1n) is 8.32. The lowest BCUT2D eigenvalue weighted by Gasteiger charge is -2.23. The number of rotatable bonds is 6. The molecule has 0 heterocycles. The fourth-order valence-electron chi connectivity index (χ4n) is 2.41. The number of phenols is 1. The standard InChI is InChI=1S/C20H19N3O5/c1-13(2-11-18(25)23-27)19(15-5-9-17(24)10-6-15)28-20(26)22-16-7-3-14(12-21)4-8-16/h2-11,13,19,24,27H,1H3,(H,22,26)(H,23,25)/b11-2+/t13-,19+/m0/s1. The predicted molar refractivity (Wildman–Crippen MR) is 100 cm³/mol. The normalized spacial score (nSPS) is 12.6. The van der Waals surface area contributed by atoms with E-state index in [9.17, 15) is 14.7 Å². The third-order valence-electron chi connectivity index (χ3n) is 3.85. The zero-order chi connectivity index (χ0) is 20.5. The Hall–Kier alpha value is -3.83. The molecule has 2 rings (SSSR count). The monoisotopic (exact) mass is 381 g/mol. The van der Waals surface area contributed by atoms with E-state index >= 15 is 0 Å². The highest BCUT2D eigenvalue weighted by molar-refractivity contribution is 5.86. The summed E-state index contributed by atoms with van der Waals surface area (Å²) in [7, 11) is 0. The van der Waals surface area contributed by atoms with E-state index in [1.165, 1.54) is 23.7 Å². The molecule has 8 heteroatoms. The molecule has 28 heavy (non-hydrogen) atoms. The van der Waals surface area contributed by atoms with Crippen LogP contribution in [0, 0.1) is 17.2 Å². The minimum atomic E-state index is -0.762. The fourth-order valence-corrected chi connectivity index (χ4v) is 2.41. The summed E-state index contributed by atoms with van der Waals surface area (Å²) in [6.45, 7) is 1.73. The van der Waals surface area contributed by atoms with E-state index in [1.807, 2.05) is 6.07 Å². The molecule has 0 aliphatic heterocycles. The number of nitriles is 1. The molecule has 0 saturated carbocycles. The first-order chi connectivity index (χ1) is 13.4. The molecule has 0 aromatic heterocycles. The van der Waals surface area contributed by atoms with Gasteiger partial charge >= 0.3 is 6.09 Å². The summed E-state index contributed by atoms with van der Waals surface area (Å²) in [5.41, 5.74) is 3.01. The van der Waals surface area contributed by atoms with E-state index in [0.29, 0.717) is 16.8 Å². The van der Waals surface area contributed by atoms with Crippen LogP contribution in [-0.2, 0) is 9.53 Å². The highest BCUT2D eigenvalue weighted by Crippen LogP contribution is 2.29. The summed E-state index contributed by atoms with van der Waals surface area (Å²) >= 11 is 0. The second-order valence-electron chi connectivity index (χ2n) is 5.93. The van der Waals surface area contributed by atoms with Crippen molar-refractivity contribution < 1.29 is 24.6 Å². The maximum absolute atomic E-state index is 12.3. The largest absolute Gasteiger partial charge is 0.508 e. The number of nitrogens with one attached hydrogen (secondary N) is 2. The SMILES string of the molecule is C[C@@H](/C=C/C(=O)NO)[C@@H](OC(=O)Nc1ccc(C#N)cc1)c1ccc(O)cc1. The van der Waals surface area contributed by atoms with Crippen LogP contribution in [0.5, 0.6) is 5.75 Å². The Morgan fingerprint density at radius 2 is 1.79 bits per heavy atom. The average Bonchev–Trinajstić information content (AvgIpc) is 2.71. The zero-order valence-electron chi connectivity index (χ0n) is 15.0. The van der Waals surface area contributed by atoms with Crippen LogP contribution < -0.4 is 10.8 Å². The summed E-state index contributed by atoms with van der Waals surface area (Å²) in [6.07, 6.45) is 1.12. The number of aromatic hydroxyl groups is 1. The minimum absolute atomic E-state index is 0.0624. The molecule has 2 aromatic rings. The maximum atomic E-state index is 12.3. The molecule has 0 unspecified atom stereocenters. The summed E-state index contributed by atoms with van der Waals surface area (Å²) in [4.78, 5) is 23.5. The lowest BCUT2D eigenvalue weighted by atomic mass is 9.96. The number of benzene rings is 2. The predicted octanol–water partition coefficient (Wildman–Crippen LogP) is 3.25. The van der Waals surface area contributed by atoms with Gasteiger partial charge in [-0.3, -0.25) is 15.3 Å². The van der Waals surface area contributed by atoms with E-state index < -0.39 is 24.0 Å². The number of hydroxylamine groups is 1. The molecule has 0 fully saturated rings. The maximum Gasteiger partial charge on any atom is 0.412 e. The number of carbonyl (C=O) groups is 2. The molecule has 2 atom stereocenters. The molecule has 0 saturated heterocycles. The Bertz CT molecular complexity index is 886. The topological polar surface area (TPSA) is 132 Å². The van der Waals surface area contributed by atoms with E-state index in [1.54, 1.807) is 43.3 Å². The molecule has 8 nitrogen and oxygen atoms in total. The lowest BCUT2D eigenvalue weighted by Crippen LogP contribution is -2.22. The van der Waals surface area contributed by atoms with Crippen LogP contribution >= 0.6 is 0 Å². The summed E-state index contributed by atoms with van der Waals surface area (Å²) in [5, 5.41) is 29.4. The fraction of sp³-hybridized carbons (Fsp3) is 0.150. The number of ether oxygens (including phenoxy) is 1. The molecule has 4 N–H and O–H groups in total. The summed E-state index contributed by atoms with van der Waals surface area (Å²) < 4.78 is 5.52. The van der Waals surface area contributed by atoms with Crippen molar-refractivity contribution in [1.29, 1.82) is 5.26 Å². The number of anilines is 1. The minimum Gasteiger partial charge on any atom is -0.508 e. The second-order valence-corrected chi connectivity index (χ2v) is 5.93. The Morgan fingerprint density at radius 1 is 1.14 bits per heavy atom. The Balaban J connectivity index is 2.16. The van der Waals surface area contributed by atoms with Gasteiger partial charge in [-0.15, -0.1) is 0 Å². The number of phenolic OH excluding ortho intramolecular Hbond substituents is 1. The molecule has 0 aliphatic carbocycles. The van der Waals surface area contributed by atoms with Gasteiger partial charge in [0, 0.05) is 17.7 Å². The highest BCUT2D eigenvalue weighted by atomic mass is 16.6. The van der Waals surface area contributed by atoms with Crippen molar-refractivity contribution >= 4 is 17.7 Å². The molecule has 0 radical (unpaired) electrons. The molecule has 144 valence electrons. The van der Waals surface area contributed by atoms with E-state index in [4.69, 9.17) is 15.2 Å². The van der Waals surface area contributed by atoms with Crippen LogP contribution in [0.3, 0.4) is 0 Å². The van der Waals surface area contributed by atoms with Gasteiger partial charge in [-0.05, 0) is 42.0 Å². The summed E-state index contributed by atoms with van der Waals surface area (Å²) in [5.74, 6) is -1.07. The quantitative estimate of drug-likeness (QED) is 0.345. The number of hydrogen-bond donors (Lipinski definition) is 4. The Labute approximate surface area is 161 Å². The van der Waals surface area contributed by atoms with Crippen LogP contribution in [0.1, 0.15) is 24.2 Å². The van der Waals surface area contributed by atoms with Crippen molar-refractivity contribution in [2.75, 3.05) is 5.32 Å². The summed E-state index contributed by atoms with van der Waals surface area (Å²) in [6, 6.07) is 14.4. The molecule has 0 aliphatic rings. The van der Waals surface area contributed by atoms with Gasteiger partial charge < -0.3 is 9.84 Å².